The molecule has 0 saturated heterocycles. The van der Waals surface area contributed by atoms with Gasteiger partial charge >= 0.3 is 0 Å². The van der Waals surface area contributed by atoms with Crippen molar-refractivity contribution in [2.75, 3.05) is 24.0 Å². The van der Waals surface area contributed by atoms with Gasteiger partial charge in [-0.3, -0.25) is 13.9 Å². The summed E-state index contributed by atoms with van der Waals surface area (Å²) in [7, 11) is -4.18. The van der Waals surface area contributed by atoms with Crippen LogP contribution in [0.4, 0.5) is 5.69 Å². The Morgan fingerprint density at radius 3 is 2.15 bits per heavy atom. The molecule has 0 spiro atoms. The molecule has 0 saturated carbocycles. The first-order valence-corrected chi connectivity index (χ1v) is 15.1. The molecule has 1 N–H and O–H groups in total. The molecule has 8 nitrogen and oxygen atoms in total. The van der Waals surface area contributed by atoms with Crippen LogP contribution in [0.15, 0.2) is 83.8 Å². The summed E-state index contributed by atoms with van der Waals surface area (Å²) >= 11 is 6.00. The first-order chi connectivity index (χ1) is 19.2. The summed E-state index contributed by atoms with van der Waals surface area (Å²) in [5.74, 6) is -0.207. The maximum Gasteiger partial charge on any atom is 0.264 e. The quantitative estimate of drug-likeness (QED) is 0.278. The number of rotatable bonds is 14. The zero-order valence-electron chi connectivity index (χ0n) is 23.0. The summed E-state index contributed by atoms with van der Waals surface area (Å²) in [5.41, 5.74) is 1.11. The molecule has 10 heteroatoms. The average molecular weight is 586 g/mol. The third-order valence-electron chi connectivity index (χ3n) is 6.25. The molecule has 0 unspecified atom stereocenters. The van der Waals surface area contributed by atoms with Crippen molar-refractivity contribution >= 4 is 39.1 Å². The van der Waals surface area contributed by atoms with Gasteiger partial charge < -0.3 is 15.0 Å². The summed E-state index contributed by atoms with van der Waals surface area (Å²) in [6, 6.07) is 20.8. The van der Waals surface area contributed by atoms with E-state index < -0.39 is 28.5 Å². The van der Waals surface area contributed by atoms with E-state index in [4.69, 9.17) is 16.3 Å². The Kier molecular flexibility index (Phi) is 11.4. The van der Waals surface area contributed by atoms with E-state index in [0.717, 1.165) is 16.3 Å². The molecule has 0 bridgehead atoms. The maximum absolute atomic E-state index is 14.0. The lowest BCUT2D eigenvalue weighted by atomic mass is 10.1. The molecule has 0 fully saturated rings. The molecule has 1 atom stereocenters. The number of hydrogen-bond acceptors (Lipinski definition) is 5. The van der Waals surface area contributed by atoms with Gasteiger partial charge in [0.25, 0.3) is 10.0 Å². The highest BCUT2D eigenvalue weighted by molar-refractivity contribution is 7.92. The number of anilines is 1. The SMILES string of the molecule is CCCNC(=O)[C@@H](CC)N(Cc1ccccc1)C(=O)CN(c1ccc(OCC)cc1)S(=O)(=O)c1ccc(Cl)cc1. The van der Waals surface area contributed by atoms with E-state index in [2.05, 4.69) is 5.32 Å². The lowest BCUT2D eigenvalue weighted by molar-refractivity contribution is -0.140. The topological polar surface area (TPSA) is 96.0 Å². The van der Waals surface area contributed by atoms with Gasteiger partial charge in [0.1, 0.15) is 18.3 Å². The highest BCUT2D eigenvalue weighted by atomic mass is 35.5. The number of amides is 2. The highest BCUT2D eigenvalue weighted by Gasteiger charge is 2.33. The maximum atomic E-state index is 14.0. The fourth-order valence-electron chi connectivity index (χ4n) is 4.20. The van der Waals surface area contributed by atoms with Crippen molar-refractivity contribution in [1.82, 2.24) is 10.2 Å². The molecule has 0 aliphatic carbocycles. The van der Waals surface area contributed by atoms with Gasteiger partial charge in [-0.05, 0) is 73.9 Å². The van der Waals surface area contributed by atoms with Crippen LogP contribution in [0.2, 0.25) is 5.02 Å². The molecule has 0 aromatic heterocycles. The molecule has 2 amide bonds. The number of hydrogen-bond donors (Lipinski definition) is 1. The van der Waals surface area contributed by atoms with Gasteiger partial charge in [0, 0.05) is 18.1 Å². The predicted molar refractivity (Wildman–Crippen MR) is 158 cm³/mol. The van der Waals surface area contributed by atoms with Crippen molar-refractivity contribution in [3.05, 3.63) is 89.4 Å². The smallest absolute Gasteiger partial charge is 0.264 e. The van der Waals surface area contributed by atoms with Crippen LogP contribution >= 0.6 is 11.6 Å². The van der Waals surface area contributed by atoms with Gasteiger partial charge in [-0.15, -0.1) is 0 Å². The molecule has 0 radical (unpaired) electrons. The molecule has 0 aliphatic rings. The molecule has 3 aromatic carbocycles. The number of benzene rings is 3. The third kappa shape index (κ3) is 7.99. The largest absolute Gasteiger partial charge is 0.494 e. The number of nitrogens with one attached hydrogen (secondary N) is 1. The van der Waals surface area contributed by atoms with Crippen LogP contribution in [0.3, 0.4) is 0 Å². The second kappa shape index (κ2) is 14.7. The minimum atomic E-state index is -4.18. The summed E-state index contributed by atoms with van der Waals surface area (Å²) in [6.45, 7) is 6.20. The summed E-state index contributed by atoms with van der Waals surface area (Å²) in [5, 5.41) is 3.27. The van der Waals surface area contributed by atoms with E-state index in [9.17, 15) is 18.0 Å². The lowest BCUT2D eigenvalue weighted by Crippen LogP contribution is -2.52. The Morgan fingerprint density at radius 2 is 1.57 bits per heavy atom. The minimum Gasteiger partial charge on any atom is -0.494 e. The van der Waals surface area contributed by atoms with E-state index in [1.807, 2.05) is 51.1 Å². The molecule has 214 valence electrons. The number of ether oxygens (including phenoxy) is 1. The van der Waals surface area contributed by atoms with Crippen LogP contribution in [-0.2, 0) is 26.2 Å². The van der Waals surface area contributed by atoms with E-state index in [0.29, 0.717) is 30.3 Å². The van der Waals surface area contributed by atoms with Crippen LogP contribution in [0.5, 0.6) is 5.75 Å². The van der Waals surface area contributed by atoms with Gasteiger partial charge in [-0.25, -0.2) is 8.42 Å². The van der Waals surface area contributed by atoms with Gasteiger partial charge in [0.05, 0.1) is 17.2 Å². The van der Waals surface area contributed by atoms with Crippen LogP contribution in [0.25, 0.3) is 0 Å². The van der Waals surface area contributed by atoms with Crippen LogP contribution in [-0.4, -0.2) is 50.9 Å². The first kappa shape index (κ1) is 31.0. The lowest BCUT2D eigenvalue weighted by Gasteiger charge is -2.33. The summed E-state index contributed by atoms with van der Waals surface area (Å²) in [4.78, 5) is 28.6. The molecule has 3 rings (SSSR count). The van der Waals surface area contributed by atoms with Gasteiger partial charge in [0.15, 0.2) is 0 Å². The normalized spacial score (nSPS) is 11.9. The minimum absolute atomic E-state index is 0.0130. The van der Waals surface area contributed by atoms with Crippen molar-refractivity contribution in [2.45, 2.75) is 51.1 Å². The van der Waals surface area contributed by atoms with Crippen LogP contribution in [0, 0.1) is 0 Å². The van der Waals surface area contributed by atoms with Crippen LogP contribution < -0.4 is 14.4 Å². The fraction of sp³-hybridized carbons (Fsp3) is 0.333. The Hall–Kier alpha value is -3.56. The van der Waals surface area contributed by atoms with Gasteiger partial charge in [-0.1, -0.05) is 55.8 Å². The molecule has 3 aromatic rings. The second-order valence-electron chi connectivity index (χ2n) is 9.11. The first-order valence-electron chi connectivity index (χ1n) is 13.3. The standard InChI is InChI=1S/C30H36ClN3O5S/c1-4-20-32-30(36)28(5-2)33(21-23-10-8-7-9-11-23)29(35)22-34(25-14-16-26(17-15-25)39-6-3)40(37,38)27-18-12-24(31)13-19-27/h7-19,28H,4-6,20-22H2,1-3H3,(H,32,36)/t28-/m1/s1. The van der Waals surface area contributed by atoms with E-state index in [1.165, 1.54) is 29.2 Å². The number of carbonyl (C=O) groups is 2. The number of halogens is 1. The van der Waals surface area contributed by atoms with E-state index in [1.54, 1.807) is 24.3 Å². The molecular weight excluding hydrogens is 550 g/mol. The van der Waals surface area contributed by atoms with Gasteiger partial charge in [0.2, 0.25) is 11.8 Å². The van der Waals surface area contributed by atoms with E-state index >= 15 is 0 Å². The zero-order chi connectivity index (χ0) is 29.1. The van der Waals surface area contributed by atoms with Crippen molar-refractivity contribution < 1.29 is 22.7 Å². The molecule has 0 heterocycles. The van der Waals surface area contributed by atoms with Crippen molar-refractivity contribution in [2.24, 2.45) is 0 Å². The van der Waals surface area contributed by atoms with Crippen molar-refractivity contribution in [1.29, 1.82) is 0 Å². The van der Waals surface area contributed by atoms with Crippen molar-refractivity contribution in [3.8, 4) is 5.75 Å². The highest BCUT2D eigenvalue weighted by Crippen LogP contribution is 2.27. The Balaban J connectivity index is 2.04. The molecule has 0 aliphatic heterocycles. The van der Waals surface area contributed by atoms with E-state index in [-0.39, 0.29) is 23.0 Å². The Morgan fingerprint density at radius 1 is 0.925 bits per heavy atom. The number of nitrogens with zero attached hydrogens (tertiary/aromatic N) is 2. The third-order valence-corrected chi connectivity index (χ3v) is 8.29. The van der Waals surface area contributed by atoms with Gasteiger partial charge in [-0.2, -0.15) is 0 Å². The number of sulfonamides is 1. The number of carbonyl (C=O) groups excluding carboxylic acids is 2. The Bertz CT molecular complexity index is 1350. The second-order valence-corrected chi connectivity index (χ2v) is 11.4. The molecular formula is C30H36ClN3O5S. The zero-order valence-corrected chi connectivity index (χ0v) is 24.6. The predicted octanol–water partition coefficient (Wildman–Crippen LogP) is 5.27. The monoisotopic (exact) mass is 585 g/mol. The fourth-order valence-corrected chi connectivity index (χ4v) is 5.74. The molecule has 40 heavy (non-hydrogen) atoms. The van der Waals surface area contributed by atoms with Crippen molar-refractivity contribution in [3.63, 3.8) is 0 Å². The summed E-state index contributed by atoms with van der Waals surface area (Å²) in [6.07, 6.45) is 1.11. The average Bonchev–Trinajstić information content (AvgIpc) is 2.96. The Labute approximate surface area is 241 Å². The summed E-state index contributed by atoms with van der Waals surface area (Å²) < 4.78 is 34.3. The van der Waals surface area contributed by atoms with Crippen LogP contribution in [0.1, 0.15) is 39.2 Å².